The number of hydrogen-bond donors (Lipinski definition) is 0. The fourth-order valence-corrected chi connectivity index (χ4v) is 5.40. The van der Waals surface area contributed by atoms with Gasteiger partial charge in [0.1, 0.15) is 0 Å². The number of aryl methyl sites for hydroxylation is 1. The van der Waals surface area contributed by atoms with Gasteiger partial charge in [-0.25, -0.2) is 8.42 Å². The van der Waals surface area contributed by atoms with Gasteiger partial charge in [-0.3, -0.25) is 9.80 Å². The molecule has 0 amide bonds. The summed E-state index contributed by atoms with van der Waals surface area (Å²) in [6.45, 7) is 9.86. The summed E-state index contributed by atoms with van der Waals surface area (Å²) in [5.41, 5.74) is 2.66. The topological polar surface area (TPSA) is 53.1 Å². The van der Waals surface area contributed by atoms with Gasteiger partial charge in [-0.1, -0.05) is 31.2 Å². The number of hydrogen-bond acceptors (Lipinski definition) is 5. The van der Waals surface area contributed by atoms with Gasteiger partial charge in [0, 0.05) is 45.3 Å². The number of morpholine rings is 1. The third kappa shape index (κ3) is 6.26. The smallest absolute Gasteiger partial charge is 0.211 e. The molecule has 1 unspecified atom stereocenters. The van der Waals surface area contributed by atoms with Crippen LogP contribution in [0.3, 0.4) is 0 Å². The lowest BCUT2D eigenvalue weighted by Gasteiger charge is -2.30. The van der Waals surface area contributed by atoms with Crippen molar-refractivity contribution in [1.82, 2.24) is 14.1 Å². The summed E-state index contributed by atoms with van der Waals surface area (Å²) in [5, 5.41) is 0. The molecule has 2 fully saturated rings. The Balaban J connectivity index is 1.51. The molecule has 0 saturated carbocycles. The molecule has 1 atom stereocenters. The fourth-order valence-electron chi connectivity index (χ4n) is 4.22. The monoisotopic (exact) mass is 409 g/mol. The minimum atomic E-state index is -3.19. The van der Waals surface area contributed by atoms with E-state index in [1.807, 2.05) is 0 Å². The Morgan fingerprint density at radius 3 is 2.39 bits per heavy atom. The maximum Gasteiger partial charge on any atom is 0.211 e. The maximum absolute atomic E-state index is 12.4. The first-order valence-electron chi connectivity index (χ1n) is 10.5. The SMILES string of the molecule is CCc1ccc(CN2CCC(N(CCCN3CCOCC3)S(C)(=O)=O)C2)cc1. The molecular formula is C21H35N3O3S. The summed E-state index contributed by atoms with van der Waals surface area (Å²) in [6.07, 6.45) is 4.20. The number of rotatable bonds is 9. The van der Waals surface area contributed by atoms with E-state index < -0.39 is 10.0 Å². The Morgan fingerprint density at radius 1 is 1.07 bits per heavy atom. The predicted molar refractivity (Wildman–Crippen MR) is 113 cm³/mol. The van der Waals surface area contributed by atoms with E-state index in [9.17, 15) is 8.42 Å². The highest BCUT2D eigenvalue weighted by Crippen LogP contribution is 2.21. The Kier molecular flexibility index (Phi) is 7.88. The molecule has 0 aliphatic carbocycles. The quantitative estimate of drug-likeness (QED) is 0.623. The molecule has 0 aromatic heterocycles. The van der Waals surface area contributed by atoms with E-state index in [2.05, 4.69) is 41.0 Å². The predicted octanol–water partition coefficient (Wildman–Crippen LogP) is 1.81. The molecule has 0 spiro atoms. The van der Waals surface area contributed by atoms with Crippen LogP contribution in [0.1, 0.15) is 30.9 Å². The standard InChI is InChI=1S/C21H35N3O3S/c1-3-19-5-7-20(8-6-19)17-23-12-9-21(18-23)24(28(2,25)26)11-4-10-22-13-15-27-16-14-22/h5-8,21H,3-4,9-18H2,1-2H3. The second kappa shape index (κ2) is 10.2. The second-order valence-corrected chi connectivity index (χ2v) is 9.96. The van der Waals surface area contributed by atoms with Crippen LogP contribution in [0.5, 0.6) is 0 Å². The van der Waals surface area contributed by atoms with Crippen molar-refractivity contribution >= 4 is 10.0 Å². The molecule has 2 aliphatic heterocycles. The van der Waals surface area contributed by atoms with Crippen LogP contribution in [0.25, 0.3) is 0 Å². The molecule has 1 aromatic rings. The van der Waals surface area contributed by atoms with Gasteiger partial charge >= 0.3 is 0 Å². The highest BCUT2D eigenvalue weighted by Gasteiger charge is 2.32. The van der Waals surface area contributed by atoms with E-state index in [0.29, 0.717) is 6.54 Å². The Morgan fingerprint density at radius 2 is 1.75 bits per heavy atom. The molecule has 7 heteroatoms. The Hall–Kier alpha value is -0.990. The zero-order valence-corrected chi connectivity index (χ0v) is 18.2. The van der Waals surface area contributed by atoms with Crippen molar-refractivity contribution in [1.29, 1.82) is 0 Å². The van der Waals surface area contributed by atoms with E-state index in [-0.39, 0.29) is 6.04 Å². The van der Waals surface area contributed by atoms with Gasteiger partial charge in [-0.15, -0.1) is 0 Å². The van der Waals surface area contributed by atoms with Gasteiger partial charge in [0.15, 0.2) is 0 Å². The molecule has 0 N–H and O–H groups in total. The van der Waals surface area contributed by atoms with Crippen molar-refractivity contribution in [2.45, 2.75) is 38.8 Å². The summed E-state index contributed by atoms with van der Waals surface area (Å²) >= 11 is 0. The van der Waals surface area contributed by atoms with Crippen molar-refractivity contribution in [3.63, 3.8) is 0 Å². The molecule has 2 aliphatic rings. The average Bonchev–Trinajstić information content (AvgIpc) is 3.13. The van der Waals surface area contributed by atoms with Crippen LogP contribution in [0.15, 0.2) is 24.3 Å². The molecular weight excluding hydrogens is 374 g/mol. The molecule has 0 bridgehead atoms. The first-order chi connectivity index (χ1) is 13.5. The van der Waals surface area contributed by atoms with Crippen molar-refractivity contribution in [3.8, 4) is 0 Å². The van der Waals surface area contributed by atoms with Gasteiger partial charge < -0.3 is 4.74 Å². The van der Waals surface area contributed by atoms with Gasteiger partial charge in [-0.05, 0) is 36.9 Å². The molecule has 3 rings (SSSR count). The van der Waals surface area contributed by atoms with Crippen LogP contribution in [0, 0.1) is 0 Å². The molecule has 1 aromatic carbocycles. The summed E-state index contributed by atoms with van der Waals surface area (Å²) in [6, 6.07) is 8.87. The average molecular weight is 410 g/mol. The van der Waals surface area contributed by atoms with Crippen LogP contribution in [-0.2, 0) is 27.7 Å². The number of sulfonamides is 1. The lowest BCUT2D eigenvalue weighted by atomic mass is 10.1. The first kappa shape index (κ1) is 21.7. The van der Waals surface area contributed by atoms with Gasteiger partial charge in [0.05, 0.1) is 19.5 Å². The highest BCUT2D eigenvalue weighted by atomic mass is 32.2. The lowest BCUT2D eigenvalue weighted by Crippen LogP contribution is -2.43. The van der Waals surface area contributed by atoms with Gasteiger partial charge in [-0.2, -0.15) is 4.31 Å². The molecule has 2 saturated heterocycles. The Bertz CT molecular complexity index is 702. The van der Waals surface area contributed by atoms with Crippen molar-refractivity contribution in [2.24, 2.45) is 0 Å². The van der Waals surface area contributed by atoms with E-state index in [1.165, 1.54) is 17.4 Å². The zero-order chi connectivity index (χ0) is 20.0. The Labute approximate surface area is 170 Å². The van der Waals surface area contributed by atoms with E-state index >= 15 is 0 Å². The number of likely N-dealkylation sites (tertiary alicyclic amines) is 1. The van der Waals surface area contributed by atoms with Crippen molar-refractivity contribution < 1.29 is 13.2 Å². The summed E-state index contributed by atoms with van der Waals surface area (Å²) in [4.78, 5) is 4.75. The first-order valence-corrected chi connectivity index (χ1v) is 12.4. The molecule has 158 valence electrons. The van der Waals surface area contributed by atoms with Crippen molar-refractivity contribution in [2.75, 3.05) is 58.7 Å². The van der Waals surface area contributed by atoms with Gasteiger partial charge in [0.2, 0.25) is 10.0 Å². The van der Waals surface area contributed by atoms with Crippen molar-refractivity contribution in [3.05, 3.63) is 35.4 Å². The summed E-state index contributed by atoms with van der Waals surface area (Å²) in [5.74, 6) is 0. The highest BCUT2D eigenvalue weighted by molar-refractivity contribution is 7.88. The molecule has 6 nitrogen and oxygen atoms in total. The molecule has 0 radical (unpaired) electrons. The van der Waals surface area contributed by atoms with E-state index in [1.54, 1.807) is 4.31 Å². The van der Waals surface area contributed by atoms with Crippen LogP contribution in [0.4, 0.5) is 0 Å². The van der Waals surface area contributed by atoms with Gasteiger partial charge in [0.25, 0.3) is 0 Å². The summed E-state index contributed by atoms with van der Waals surface area (Å²) in [7, 11) is -3.19. The normalized spacial score (nSPS) is 22.2. The largest absolute Gasteiger partial charge is 0.379 e. The molecule has 28 heavy (non-hydrogen) atoms. The van der Waals surface area contributed by atoms with Crippen LogP contribution in [-0.4, -0.2) is 87.3 Å². The third-order valence-electron chi connectivity index (χ3n) is 5.87. The number of ether oxygens (including phenoxy) is 1. The van der Waals surface area contributed by atoms with E-state index in [4.69, 9.17) is 4.74 Å². The number of nitrogens with zero attached hydrogens (tertiary/aromatic N) is 3. The van der Waals surface area contributed by atoms with Crippen LogP contribution in [0.2, 0.25) is 0 Å². The third-order valence-corrected chi connectivity index (χ3v) is 7.21. The molecule has 2 heterocycles. The minimum Gasteiger partial charge on any atom is -0.379 e. The fraction of sp³-hybridized carbons (Fsp3) is 0.714. The lowest BCUT2D eigenvalue weighted by molar-refractivity contribution is 0.0366. The zero-order valence-electron chi connectivity index (χ0n) is 17.3. The van der Waals surface area contributed by atoms with Crippen LogP contribution < -0.4 is 0 Å². The minimum absolute atomic E-state index is 0.0922. The number of benzene rings is 1. The summed E-state index contributed by atoms with van der Waals surface area (Å²) < 4.78 is 31.9. The van der Waals surface area contributed by atoms with Crippen LogP contribution >= 0.6 is 0 Å². The maximum atomic E-state index is 12.4. The second-order valence-electron chi connectivity index (χ2n) is 8.03. The van der Waals surface area contributed by atoms with E-state index in [0.717, 1.165) is 71.7 Å².